The highest BCUT2D eigenvalue weighted by molar-refractivity contribution is 9.10. The topological polar surface area (TPSA) is 12.0 Å². The van der Waals surface area contributed by atoms with Gasteiger partial charge in [-0.05, 0) is 50.8 Å². The normalized spacial score (nSPS) is 13.3. The van der Waals surface area contributed by atoms with E-state index in [1.165, 1.54) is 33.0 Å². The number of halogens is 1. The average molecular weight is 340 g/mol. The second kappa shape index (κ2) is 6.87. The maximum atomic E-state index is 3.69. The standard InChI is InChI=1S/C16H22BrNS/c1-4-11(5-2)15(18-6-3)13-10-19-16-12(13)8-7-9-14(16)17/h7-11,15,18H,4-6H2,1-3H3. The molecule has 0 fully saturated rings. The van der Waals surface area contributed by atoms with Crippen molar-refractivity contribution in [2.45, 2.75) is 39.7 Å². The first kappa shape index (κ1) is 15.0. The number of fused-ring (bicyclic) bond motifs is 1. The molecule has 0 bridgehead atoms. The van der Waals surface area contributed by atoms with Crippen LogP contribution in [0.25, 0.3) is 10.1 Å². The minimum absolute atomic E-state index is 0.475. The van der Waals surface area contributed by atoms with Crippen molar-refractivity contribution in [3.63, 3.8) is 0 Å². The molecule has 0 aliphatic carbocycles. The summed E-state index contributed by atoms with van der Waals surface area (Å²) in [6, 6.07) is 6.99. The molecular weight excluding hydrogens is 318 g/mol. The molecule has 1 N–H and O–H groups in total. The first-order chi connectivity index (χ1) is 9.22. The Morgan fingerprint density at radius 2 is 1.95 bits per heavy atom. The molecule has 1 heterocycles. The summed E-state index contributed by atoms with van der Waals surface area (Å²) < 4.78 is 2.58. The van der Waals surface area contributed by atoms with Crippen LogP contribution in [-0.4, -0.2) is 6.54 Å². The van der Waals surface area contributed by atoms with Gasteiger partial charge in [0.2, 0.25) is 0 Å². The summed E-state index contributed by atoms with van der Waals surface area (Å²) in [5.74, 6) is 0.705. The molecule has 2 aromatic rings. The molecule has 0 amide bonds. The van der Waals surface area contributed by atoms with Gasteiger partial charge in [0.25, 0.3) is 0 Å². The molecule has 3 heteroatoms. The highest BCUT2D eigenvalue weighted by atomic mass is 79.9. The van der Waals surface area contributed by atoms with E-state index in [-0.39, 0.29) is 0 Å². The summed E-state index contributed by atoms with van der Waals surface area (Å²) in [5.41, 5.74) is 1.47. The van der Waals surface area contributed by atoms with Gasteiger partial charge in [-0.25, -0.2) is 0 Å². The molecule has 1 aromatic carbocycles. The van der Waals surface area contributed by atoms with Crippen LogP contribution < -0.4 is 5.32 Å². The predicted octanol–water partition coefficient (Wildman–Crippen LogP) is 5.75. The Kier molecular flexibility index (Phi) is 5.43. The van der Waals surface area contributed by atoms with Crippen molar-refractivity contribution in [1.29, 1.82) is 0 Å². The third kappa shape index (κ3) is 3.04. The molecule has 0 aliphatic heterocycles. The monoisotopic (exact) mass is 339 g/mol. The van der Waals surface area contributed by atoms with E-state index in [1.54, 1.807) is 0 Å². The molecule has 2 rings (SSSR count). The second-order valence-corrected chi connectivity index (χ2v) is 6.65. The van der Waals surface area contributed by atoms with Crippen LogP contribution >= 0.6 is 27.3 Å². The van der Waals surface area contributed by atoms with Gasteiger partial charge in [0.15, 0.2) is 0 Å². The van der Waals surface area contributed by atoms with Gasteiger partial charge in [0, 0.05) is 15.2 Å². The zero-order valence-electron chi connectivity index (χ0n) is 11.9. The van der Waals surface area contributed by atoms with Crippen molar-refractivity contribution in [2.24, 2.45) is 5.92 Å². The van der Waals surface area contributed by atoms with Crippen LogP contribution in [-0.2, 0) is 0 Å². The third-order valence-electron chi connectivity index (χ3n) is 3.86. The Balaban J connectivity index is 2.47. The SMILES string of the molecule is CCNC(c1csc2c(Br)cccc12)C(CC)CC. The highest BCUT2D eigenvalue weighted by Crippen LogP contribution is 2.38. The maximum absolute atomic E-state index is 3.69. The summed E-state index contributed by atoms with van der Waals surface area (Å²) in [5, 5.41) is 7.42. The Hall–Kier alpha value is -0.380. The fourth-order valence-electron chi connectivity index (χ4n) is 2.79. The molecule has 1 aromatic heterocycles. The summed E-state index contributed by atoms with van der Waals surface area (Å²) in [6.45, 7) is 7.80. The lowest BCUT2D eigenvalue weighted by Gasteiger charge is -2.26. The lowest BCUT2D eigenvalue weighted by molar-refractivity contribution is 0.349. The van der Waals surface area contributed by atoms with Crippen LogP contribution in [0.1, 0.15) is 45.2 Å². The fraction of sp³-hybridized carbons (Fsp3) is 0.500. The van der Waals surface area contributed by atoms with Crippen molar-refractivity contribution in [2.75, 3.05) is 6.54 Å². The number of nitrogens with one attached hydrogen (secondary N) is 1. The average Bonchev–Trinajstić information content (AvgIpc) is 2.84. The van der Waals surface area contributed by atoms with Gasteiger partial charge in [-0.15, -0.1) is 11.3 Å². The summed E-state index contributed by atoms with van der Waals surface area (Å²) in [7, 11) is 0. The van der Waals surface area contributed by atoms with E-state index in [0.29, 0.717) is 12.0 Å². The fourth-order valence-corrected chi connectivity index (χ4v) is 4.45. The van der Waals surface area contributed by atoms with Crippen LogP contribution in [0, 0.1) is 5.92 Å². The number of hydrogen-bond donors (Lipinski definition) is 1. The number of benzene rings is 1. The van der Waals surface area contributed by atoms with E-state index in [0.717, 1.165) is 6.54 Å². The lowest BCUT2D eigenvalue weighted by Crippen LogP contribution is -2.27. The van der Waals surface area contributed by atoms with E-state index in [4.69, 9.17) is 0 Å². The molecule has 0 saturated heterocycles. The Bertz CT molecular complexity index is 531. The van der Waals surface area contributed by atoms with Crippen LogP contribution in [0.2, 0.25) is 0 Å². The van der Waals surface area contributed by atoms with Crippen LogP contribution in [0.4, 0.5) is 0 Å². The number of rotatable bonds is 6. The van der Waals surface area contributed by atoms with E-state index in [2.05, 4.69) is 65.6 Å². The maximum Gasteiger partial charge on any atom is 0.0488 e. The predicted molar refractivity (Wildman–Crippen MR) is 90.0 cm³/mol. The molecule has 1 unspecified atom stereocenters. The van der Waals surface area contributed by atoms with Gasteiger partial charge in [0.1, 0.15) is 0 Å². The van der Waals surface area contributed by atoms with Gasteiger partial charge in [0.05, 0.1) is 0 Å². The Morgan fingerprint density at radius 3 is 2.58 bits per heavy atom. The lowest BCUT2D eigenvalue weighted by atomic mass is 9.88. The minimum atomic E-state index is 0.475. The van der Waals surface area contributed by atoms with E-state index >= 15 is 0 Å². The van der Waals surface area contributed by atoms with Crippen molar-refractivity contribution >= 4 is 37.4 Å². The number of thiophene rings is 1. The Labute approximate surface area is 128 Å². The molecule has 104 valence electrons. The molecule has 0 spiro atoms. The molecule has 1 nitrogen and oxygen atoms in total. The van der Waals surface area contributed by atoms with E-state index < -0.39 is 0 Å². The first-order valence-corrected chi connectivity index (χ1v) is 8.79. The zero-order valence-corrected chi connectivity index (χ0v) is 14.3. The van der Waals surface area contributed by atoms with E-state index in [9.17, 15) is 0 Å². The molecular formula is C16H22BrNS. The van der Waals surface area contributed by atoms with Gasteiger partial charge in [-0.3, -0.25) is 0 Å². The molecule has 1 atom stereocenters. The van der Waals surface area contributed by atoms with Gasteiger partial charge >= 0.3 is 0 Å². The largest absolute Gasteiger partial charge is 0.310 e. The summed E-state index contributed by atoms with van der Waals surface area (Å²) in [6.07, 6.45) is 2.44. The van der Waals surface area contributed by atoms with Gasteiger partial charge in [-0.1, -0.05) is 45.7 Å². The minimum Gasteiger partial charge on any atom is -0.310 e. The molecule has 0 aliphatic rings. The van der Waals surface area contributed by atoms with Gasteiger partial charge < -0.3 is 5.32 Å². The quantitative estimate of drug-likeness (QED) is 0.706. The smallest absolute Gasteiger partial charge is 0.0488 e. The molecule has 0 saturated carbocycles. The summed E-state index contributed by atoms with van der Waals surface area (Å²) >= 11 is 5.51. The van der Waals surface area contributed by atoms with Crippen LogP contribution in [0.15, 0.2) is 28.1 Å². The first-order valence-electron chi connectivity index (χ1n) is 7.11. The van der Waals surface area contributed by atoms with E-state index in [1.807, 2.05) is 11.3 Å². The van der Waals surface area contributed by atoms with Crippen molar-refractivity contribution < 1.29 is 0 Å². The van der Waals surface area contributed by atoms with Crippen molar-refractivity contribution in [3.8, 4) is 0 Å². The van der Waals surface area contributed by atoms with Crippen molar-refractivity contribution in [3.05, 3.63) is 33.6 Å². The highest BCUT2D eigenvalue weighted by Gasteiger charge is 2.22. The third-order valence-corrected chi connectivity index (χ3v) is 5.83. The van der Waals surface area contributed by atoms with Crippen LogP contribution in [0.5, 0.6) is 0 Å². The van der Waals surface area contributed by atoms with Crippen LogP contribution in [0.3, 0.4) is 0 Å². The Morgan fingerprint density at radius 1 is 1.21 bits per heavy atom. The summed E-state index contributed by atoms with van der Waals surface area (Å²) in [4.78, 5) is 0. The second-order valence-electron chi connectivity index (χ2n) is 4.92. The molecule has 19 heavy (non-hydrogen) atoms. The zero-order chi connectivity index (χ0) is 13.8. The number of hydrogen-bond acceptors (Lipinski definition) is 2. The van der Waals surface area contributed by atoms with Gasteiger partial charge in [-0.2, -0.15) is 0 Å². The molecule has 0 radical (unpaired) electrons. The van der Waals surface area contributed by atoms with Crippen molar-refractivity contribution in [1.82, 2.24) is 5.32 Å².